The molecule has 0 spiro atoms. The standard InChI is InChI=1S/C18H44O5Si4/c1-15(19)17(22-26(8,9)10)18(23-27(11,12)13)16(21-25(5,6)7)14-20-24(2,3)4/h16-18H,14H2,1-13H3/t16-,17-,18+/m0/s1. The molecule has 0 saturated carbocycles. The number of hydrogen-bond donors (Lipinski definition) is 0. The topological polar surface area (TPSA) is 54.0 Å². The summed E-state index contributed by atoms with van der Waals surface area (Å²) < 4.78 is 25.6. The molecule has 0 aliphatic rings. The number of rotatable bonds is 12. The first-order valence-corrected chi connectivity index (χ1v) is 23.5. The van der Waals surface area contributed by atoms with Crippen LogP contribution in [0.5, 0.6) is 0 Å². The first-order chi connectivity index (χ1) is 11.7. The van der Waals surface area contributed by atoms with Gasteiger partial charge in [0, 0.05) is 0 Å². The molecule has 0 radical (unpaired) electrons. The Morgan fingerprint density at radius 2 is 1.07 bits per heavy atom. The molecule has 5 nitrogen and oxygen atoms in total. The Morgan fingerprint density at radius 3 is 1.37 bits per heavy atom. The fourth-order valence-corrected chi connectivity index (χ4v) is 6.41. The molecule has 0 amide bonds. The van der Waals surface area contributed by atoms with Crippen molar-refractivity contribution in [1.82, 2.24) is 0 Å². The van der Waals surface area contributed by atoms with Gasteiger partial charge in [-0.05, 0) is 85.5 Å². The predicted molar refractivity (Wildman–Crippen MR) is 125 cm³/mol. The van der Waals surface area contributed by atoms with Crippen molar-refractivity contribution in [3.8, 4) is 0 Å². The molecule has 0 fully saturated rings. The average molecular weight is 453 g/mol. The van der Waals surface area contributed by atoms with Crippen molar-refractivity contribution in [3.63, 3.8) is 0 Å². The van der Waals surface area contributed by atoms with Crippen molar-refractivity contribution < 1.29 is 22.5 Å². The van der Waals surface area contributed by atoms with E-state index in [2.05, 4.69) is 78.6 Å². The van der Waals surface area contributed by atoms with Gasteiger partial charge >= 0.3 is 0 Å². The molecule has 0 aromatic carbocycles. The summed E-state index contributed by atoms with van der Waals surface area (Å²) in [5.41, 5.74) is 0. The summed E-state index contributed by atoms with van der Waals surface area (Å²) in [5, 5.41) is 0. The second-order valence-electron chi connectivity index (χ2n) is 11.1. The molecule has 0 heterocycles. The van der Waals surface area contributed by atoms with Gasteiger partial charge < -0.3 is 17.7 Å². The van der Waals surface area contributed by atoms with Crippen LogP contribution in [0.15, 0.2) is 0 Å². The zero-order chi connectivity index (χ0) is 21.8. The number of hydrogen-bond acceptors (Lipinski definition) is 5. The predicted octanol–water partition coefficient (Wildman–Crippen LogP) is 5.09. The molecule has 0 aromatic rings. The van der Waals surface area contributed by atoms with Crippen LogP contribution in [0.1, 0.15) is 6.92 Å². The number of carbonyl (C=O) groups is 1. The maximum Gasteiger partial charge on any atom is 0.184 e. The van der Waals surface area contributed by atoms with Crippen molar-refractivity contribution >= 4 is 39.1 Å². The van der Waals surface area contributed by atoms with Crippen molar-refractivity contribution in [1.29, 1.82) is 0 Å². The quantitative estimate of drug-likeness (QED) is 0.386. The summed E-state index contributed by atoms with van der Waals surface area (Å²) in [6.45, 7) is 27.7. The summed E-state index contributed by atoms with van der Waals surface area (Å²) in [5.74, 6) is -0.00199. The Kier molecular flexibility index (Phi) is 10.1. The molecule has 0 aliphatic heterocycles. The number of carbonyl (C=O) groups excluding carboxylic acids is 1. The zero-order valence-corrected chi connectivity index (χ0v) is 24.0. The second-order valence-corrected chi connectivity index (χ2v) is 29.0. The molecule has 0 aromatic heterocycles. The van der Waals surface area contributed by atoms with Gasteiger partial charge in [-0.3, -0.25) is 4.79 Å². The summed E-state index contributed by atoms with van der Waals surface area (Å²) >= 11 is 0. The van der Waals surface area contributed by atoms with E-state index in [4.69, 9.17) is 17.7 Å². The fraction of sp³-hybridized carbons (Fsp3) is 0.944. The van der Waals surface area contributed by atoms with Crippen LogP contribution < -0.4 is 0 Å². The number of ketones is 1. The van der Waals surface area contributed by atoms with Gasteiger partial charge in [-0.15, -0.1) is 0 Å². The van der Waals surface area contributed by atoms with Gasteiger partial charge in [0.25, 0.3) is 0 Å². The lowest BCUT2D eigenvalue weighted by molar-refractivity contribution is -0.133. The van der Waals surface area contributed by atoms with E-state index in [1.165, 1.54) is 0 Å². The molecular weight excluding hydrogens is 409 g/mol. The van der Waals surface area contributed by atoms with Crippen LogP contribution in [-0.2, 0) is 22.5 Å². The molecule has 162 valence electrons. The van der Waals surface area contributed by atoms with Crippen LogP contribution in [0.3, 0.4) is 0 Å². The van der Waals surface area contributed by atoms with Crippen molar-refractivity contribution in [2.45, 2.75) is 104 Å². The average Bonchev–Trinajstić information content (AvgIpc) is 2.34. The van der Waals surface area contributed by atoms with Gasteiger partial charge in [-0.25, -0.2) is 0 Å². The Hall–Kier alpha value is 0.378. The van der Waals surface area contributed by atoms with Gasteiger partial charge in [0.2, 0.25) is 0 Å². The van der Waals surface area contributed by atoms with E-state index in [0.717, 1.165) is 0 Å². The van der Waals surface area contributed by atoms with Gasteiger partial charge in [-0.2, -0.15) is 0 Å². The maximum absolute atomic E-state index is 12.6. The summed E-state index contributed by atoms with van der Waals surface area (Å²) in [6.07, 6.45) is -1.36. The minimum absolute atomic E-state index is 0.00199. The largest absolute Gasteiger partial charge is 0.415 e. The third kappa shape index (κ3) is 14.1. The molecule has 27 heavy (non-hydrogen) atoms. The lowest BCUT2D eigenvalue weighted by atomic mass is 10.1. The molecule has 0 rings (SSSR count). The molecular formula is C18H44O5Si4. The van der Waals surface area contributed by atoms with Crippen LogP contribution in [0, 0.1) is 0 Å². The summed E-state index contributed by atoms with van der Waals surface area (Å²) in [7, 11) is -7.50. The highest BCUT2D eigenvalue weighted by molar-refractivity contribution is 6.71. The molecule has 0 N–H and O–H groups in total. The van der Waals surface area contributed by atoms with Crippen LogP contribution in [-0.4, -0.2) is 64.0 Å². The molecule has 0 bridgehead atoms. The Labute approximate surface area is 172 Å². The Bertz CT molecular complexity index is 472. The first-order valence-electron chi connectivity index (χ1n) is 9.88. The van der Waals surface area contributed by atoms with Gasteiger partial charge in [0.1, 0.15) is 12.2 Å². The van der Waals surface area contributed by atoms with Gasteiger partial charge in [-0.1, -0.05) is 0 Å². The molecule has 0 saturated heterocycles. The normalized spacial score (nSPS) is 17.5. The van der Waals surface area contributed by atoms with Crippen LogP contribution in [0.25, 0.3) is 0 Å². The van der Waals surface area contributed by atoms with Gasteiger partial charge in [0.15, 0.2) is 39.1 Å². The monoisotopic (exact) mass is 452 g/mol. The minimum Gasteiger partial charge on any atom is -0.415 e. The van der Waals surface area contributed by atoms with E-state index in [-0.39, 0.29) is 11.9 Å². The van der Waals surface area contributed by atoms with Crippen molar-refractivity contribution in [2.24, 2.45) is 0 Å². The minimum atomic E-state index is -1.95. The third-order valence-corrected chi connectivity index (χ3v) is 7.20. The van der Waals surface area contributed by atoms with Crippen LogP contribution >= 0.6 is 0 Å². The maximum atomic E-state index is 12.6. The summed E-state index contributed by atoms with van der Waals surface area (Å²) in [4.78, 5) is 12.6. The molecule has 9 heteroatoms. The lowest BCUT2D eigenvalue weighted by Gasteiger charge is -2.41. The van der Waals surface area contributed by atoms with E-state index < -0.39 is 45.5 Å². The molecule has 3 atom stereocenters. The molecule has 0 unspecified atom stereocenters. The number of Topliss-reactive ketones (excluding diaryl/α,β-unsaturated/α-hetero) is 1. The third-order valence-electron chi connectivity index (χ3n) is 3.22. The zero-order valence-electron chi connectivity index (χ0n) is 20.0. The van der Waals surface area contributed by atoms with E-state index in [1.807, 2.05) is 0 Å². The van der Waals surface area contributed by atoms with Crippen molar-refractivity contribution in [3.05, 3.63) is 0 Å². The van der Waals surface area contributed by atoms with Crippen LogP contribution in [0.4, 0.5) is 0 Å². The summed E-state index contributed by atoms with van der Waals surface area (Å²) in [6, 6.07) is 0. The van der Waals surface area contributed by atoms with E-state index >= 15 is 0 Å². The smallest absolute Gasteiger partial charge is 0.184 e. The van der Waals surface area contributed by atoms with Gasteiger partial charge in [0.05, 0.1) is 12.7 Å². The lowest BCUT2D eigenvalue weighted by Crippen LogP contribution is -2.56. The Balaban J connectivity index is 5.96. The SMILES string of the molecule is CC(=O)[C@H](O[Si](C)(C)C)[C@H](O[Si](C)(C)C)[C@H](CO[Si](C)(C)C)O[Si](C)(C)C. The van der Waals surface area contributed by atoms with Crippen LogP contribution in [0.2, 0.25) is 78.6 Å². The molecule has 0 aliphatic carbocycles. The second kappa shape index (κ2) is 9.92. The first kappa shape index (κ1) is 27.4. The highest BCUT2D eigenvalue weighted by Gasteiger charge is 2.42. The highest BCUT2D eigenvalue weighted by atomic mass is 28.4. The van der Waals surface area contributed by atoms with E-state index in [1.54, 1.807) is 6.92 Å². The van der Waals surface area contributed by atoms with E-state index in [9.17, 15) is 4.79 Å². The fourth-order valence-electron chi connectivity index (χ4n) is 2.49. The highest BCUT2D eigenvalue weighted by Crippen LogP contribution is 2.25. The van der Waals surface area contributed by atoms with Crippen molar-refractivity contribution in [2.75, 3.05) is 6.61 Å². The Morgan fingerprint density at radius 1 is 0.667 bits per heavy atom. The van der Waals surface area contributed by atoms with E-state index in [0.29, 0.717) is 6.61 Å².